The topological polar surface area (TPSA) is 71.2 Å². The van der Waals surface area contributed by atoms with Crippen LogP contribution in [0.4, 0.5) is 5.69 Å². The molecular weight excluding hydrogens is 347 g/mol. The summed E-state index contributed by atoms with van der Waals surface area (Å²) in [4.78, 5) is 16.2. The highest BCUT2D eigenvalue weighted by molar-refractivity contribution is 5.92. The fourth-order valence-corrected chi connectivity index (χ4v) is 2.94. The molecule has 0 aliphatic heterocycles. The number of amides is 1. The van der Waals surface area contributed by atoms with E-state index in [2.05, 4.69) is 24.1 Å². The smallest absolute Gasteiger partial charge is 0.227 e. The highest BCUT2D eigenvalue weighted by Crippen LogP contribution is 2.27. The second-order valence-electron chi connectivity index (χ2n) is 6.65. The van der Waals surface area contributed by atoms with Crippen LogP contribution in [-0.4, -0.2) is 28.5 Å². The van der Waals surface area contributed by atoms with E-state index in [0.717, 1.165) is 44.3 Å². The van der Waals surface area contributed by atoms with Crippen LogP contribution in [0.2, 0.25) is 0 Å². The Kier molecular flexibility index (Phi) is 11.2. The fraction of sp³-hybridized carbons (Fsp3) is 0.647. The highest BCUT2D eigenvalue weighted by atomic mass is 35.5. The molecule has 138 valence electrons. The average molecular weight is 377 g/mol. The molecule has 0 atom stereocenters. The van der Waals surface area contributed by atoms with E-state index in [1.165, 1.54) is 0 Å². The van der Waals surface area contributed by atoms with Crippen LogP contribution in [0.25, 0.3) is 0 Å². The van der Waals surface area contributed by atoms with E-state index in [1.54, 1.807) is 12.4 Å². The Bertz CT molecular complexity index is 465. The first-order chi connectivity index (χ1) is 10.6. The summed E-state index contributed by atoms with van der Waals surface area (Å²) in [5.74, 6) is 7.06. The van der Waals surface area contributed by atoms with Gasteiger partial charge in [0.25, 0.3) is 0 Å². The van der Waals surface area contributed by atoms with Crippen LogP contribution >= 0.6 is 24.8 Å². The van der Waals surface area contributed by atoms with E-state index in [0.29, 0.717) is 12.0 Å². The maximum atomic E-state index is 12.3. The molecule has 1 aliphatic carbocycles. The number of aromatic nitrogens is 1. The summed E-state index contributed by atoms with van der Waals surface area (Å²) in [6.45, 7) is 5.37. The Hall–Kier alpha value is -0.880. The molecule has 1 aliphatic rings. The van der Waals surface area contributed by atoms with E-state index in [-0.39, 0.29) is 36.6 Å². The number of carbonyl (C=O) groups is 1. The Morgan fingerprint density at radius 1 is 1.25 bits per heavy atom. The van der Waals surface area contributed by atoms with Crippen molar-refractivity contribution >= 4 is 36.4 Å². The quantitative estimate of drug-likeness (QED) is 0.587. The van der Waals surface area contributed by atoms with Crippen molar-refractivity contribution in [1.29, 1.82) is 0 Å². The van der Waals surface area contributed by atoms with Crippen LogP contribution in [0.15, 0.2) is 24.5 Å². The Morgan fingerprint density at radius 3 is 2.38 bits per heavy atom. The number of hydrazine groups is 1. The van der Waals surface area contributed by atoms with Gasteiger partial charge in [-0.3, -0.25) is 15.6 Å². The van der Waals surface area contributed by atoms with Crippen LogP contribution < -0.4 is 11.2 Å². The number of rotatable bonds is 6. The zero-order valence-electron chi connectivity index (χ0n) is 14.5. The van der Waals surface area contributed by atoms with Crippen molar-refractivity contribution in [1.82, 2.24) is 9.99 Å². The minimum atomic E-state index is 0. The normalized spacial score (nSPS) is 20.2. The molecular formula is C17H30Cl2N4O. The maximum Gasteiger partial charge on any atom is 0.227 e. The Labute approximate surface area is 157 Å². The lowest BCUT2D eigenvalue weighted by molar-refractivity contribution is -0.121. The predicted octanol–water partition coefficient (Wildman–Crippen LogP) is 3.64. The highest BCUT2D eigenvalue weighted by Gasteiger charge is 2.28. The first-order valence-electron chi connectivity index (χ1n) is 8.28. The van der Waals surface area contributed by atoms with Gasteiger partial charge in [0.1, 0.15) is 0 Å². The van der Waals surface area contributed by atoms with Crippen LogP contribution in [-0.2, 0) is 4.79 Å². The zero-order chi connectivity index (χ0) is 15.9. The van der Waals surface area contributed by atoms with Crippen molar-refractivity contribution < 1.29 is 4.79 Å². The standard InChI is InChI=1S/C17H28N4O.2ClH/c1-13(2)9-12-21(18)16-5-3-14(4-6-16)17(22)20-15-7-10-19-11-8-15;;/h7-8,10-11,13-14,16H,3-6,9,12,18H2,1-2H3,(H,19,20,22);2*1H. The van der Waals surface area contributed by atoms with E-state index in [1.807, 2.05) is 17.1 Å². The van der Waals surface area contributed by atoms with Gasteiger partial charge in [-0.15, -0.1) is 24.8 Å². The van der Waals surface area contributed by atoms with Crippen LogP contribution in [0.5, 0.6) is 0 Å². The number of halogens is 2. The number of nitrogens with zero attached hydrogens (tertiary/aromatic N) is 2. The average Bonchev–Trinajstić information content (AvgIpc) is 2.53. The maximum absolute atomic E-state index is 12.3. The molecule has 3 N–H and O–H groups in total. The third kappa shape index (κ3) is 7.34. The fourth-order valence-electron chi connectivity index (χ4n) is 2.94. The van der Waals surface area contributed by atoms with Gasteiger partial charge in [0, 0.05) is 36.6 Å². The first kappa shape index (κ1) is 23.1. The van der Waals surface area contributed by atoms with Gasteiger partial charge < -0.3 is 5.32 Å². The number of hydrogen-bond acceptors (Lipinski definition) is 4. The summed E-state index contributed by atoms with van der Waals surface area (Å²) >= 11 is 0. The summed E-state index contributed by atoms with van der Waals surface area (Å²) in [7, 11) is 0. The molecule has 1 heterocycles. The third-order valence-corrected chi connectivity index (χ3v) is 4.45. The number of carbonyl (C=O) groups excluding carboxylic acids is 1. The second-order valence-corrected chi connectivity index (χ2v) is 6.65. The molecule has 0 radical (unpaired) electrons. The summed E-state index contributed by atoms with van der Waals surface area (Å²) in [5.41, 5.74) is 0.819. The van der Waals surface area contributed by atoms with Crippen molar-refractivity contribution in [2.75, 3.05) is 11.9 Å². The predicted molar refractivity (Wildman–Crippen MR) is 103 cm³/mol. The molecule has 0 aromatic carbocycles. The molecule has 24 heavy (non-hydrogen) atoms. The number of nitrogens with one attached hydrogen (secondary N) is 1. The zero-order valence-corrected chi connectivity index (χ0v) is 16.1. The molecule has 0 unspecified atom stereocenters. The van der Waals surface area contributed by atoms with E-state index in [9.17, 15) is 4.79 Å². The SMILES string of the molecule is CC(C)CCN(N)C1CCC(C(=O)Nc2ccncc2)CC1.Cl.Cl. The van der Waals surface area contributed by atoms with Gasteiger partial charge in [0.05, 0.1) is 0 Å². The van der Waals surface area contributed by atoms with Crippen LogP contribution in [0.3, 0.4) is 0 Å². The summed E-state index contributed by atoms with van der Waals surface area (Å²) in [5, 5.41) is 4.96. The molecule has 1 aromatic rings. The molecule has 0 spiro atoms. The van der Waals surface area contributed by atoms with Crippen molar-refractivity contribution in [2.45, 2.75) is 52.0 Å². The van der Waals surface area contributed by atoms with Crippen molar-refractivity contribution in [2.24, 2.45) is 17.7 Å². The second kappa shape index (κ2) is 11.6. The van der Waals surface area contributed by atoms with E-state index in [4.69, 9.17) is 5.84 Å². The largest absolute Gasteiger partial charge is 0.326 e. The molecule has 1 fully saturated rings. The molecule has 1 saturated carbocycles. The minimum absolute atomic E-state index is 0. The molecule has 1 aromatic heterocycles. The number of pyridine rings is 1. The van der Waals surface area contributed by atoms with Crippen molar-refractivity contribution in [3.05, 3.63) is 24.5 Å². The van der Waals surface area contributed by atoms with E-state index < -0.39 is 0 Å². The lowest BCUT2D eigenvalue weighted by Gasteiger charge is -2.34. The number of anilines is 1. The molecule has 5 nitrogen and oxygen atoms in total. The third-order valence-electron chi connectivity index (χ3n) is 4.45. The molecule has 1 amide bonds. The number of hydrogen-bond donors (Lipinski definition) is 2. The van der Waals surface area contributed by atoms with Gasteiger partial charge in [-0.1, -0.05) is 13.8 Å². The Morgan fingerprint density at radius 2 is 1.83 bits per heavy atom. The molecule has 7 heteroatoms. The monoisotopic (exact) mass is 376 g/mol. The van der Waals surface area contributed by atoms with Gasteiger partial charge in [-0.2, -0.15) is 0 Å². The van der Waals surface area contributed by atoms with Crippen molar-refractivity contribution in [3.63, 3.8) is 0 Å². The first-order valence-corrected chi connectivity index (χ1v) is 8.28. The van der Waals surface area contributed by atoms with Gasteiger partial charge in [0.15, 0.2) is 0 Å². The molecule has 0 saturated heterocycles. The minimum Gasteiger partial charge on any atom is -0.326 e. The summed E-state index contributed by atoms with van der Waals surface area (Å²) in [6.07, 6.45) is 8.33. The number of nitrogens with two attached hydrogens (primary N) is 1. The van der Waals surface area contributed by atoms with Gasteiger partial charge >= 0.3 is 0 Å². The van der Waals surface area contributed by atoms with Gasteiger partial charge in [-0.25, -0.2) is 5.01 Å². The molecule has 2 rings (SSSR count). The lowest BCUT2D eigenvalue weighted by Crippen LogP contribution is -2.45. The molecule has 0 bridgehead atoms. The van der Waals surface area contributed by atoms with Crippen molar-refractivity contribution in [3.8, 4) is 0 Å². The van der Waals surface area contributed by atoms with Gasteiger partial charge in [0.2, 0.25) is 5.91 Å². The Balaban J connectivity index is 0.00000264. The van der Waals surface area contributed by atoms with Crippen LogP contribution in [0, 0.1) is 11.8 Å². The van der Waals surface area contributed by atoms with Gasteiger partial charge in [-0.05, 0) is 50.2 Å². The summed E-state index contributed by atoms with van der Waals surface area (Å²) in [6, 6.07) is 4.05. The van der Waals surface area contributed by atoms with Crippen LogP contribution in [0.1, 0.15) is 46.0 Å². The lowest BCUT2D eigenvalue weighted by atomic mass is 9.85. The summed E-state index contributed by atoms with van der Waals surface area (Å²) < 4.78 is 0. The van der Waals surface area contributed by atoms with E-state index >= 15 is 0 Å².